The van der Waals surface area contributed by atoms with Gasteiger partial charge in [-0.15, -0.1) is 11.3 Å². The molecular weight excluding hydrogens is 192 g/mol. The molecule has 2 rings (SSSR count). The third-order valence-corrected chi connectivity index (χ3v) is 3.75. The lowest BCUT2D eigenvalue weighted by Crippen LogP contribution is -2.17. The third-order valence-electron chi connectivity index (χ3n) is 3.14. The second kappa shape index (κ2) is 4.89. The Morgan fingerprint density at radius 1 is 1.43 bits per heavy atom. The van der Waals surface area contributed by atoms with Crippen LogP contribution >= 0.6 is 11.3 Å². The third kappa shape index (κ3) is 2.55. The molecule has 1 aromatic rings. The maximum atomic E-state index is 6.11. The Kier molecular flexibility index (Phi) is 3.54. The molecule has 14 heavy (non-hydrogen) atoms. The van der Waals surface area contributed by atoms with E-state index in [1.54, 1.807) is 11.3 Å². The van der Waals surface area contributed by atoms with Crippen molar-refractivity contribution in [2.75, 3.05) is 0 Å². The molecule has 1 fully saturated rings. The average molecular weight is 210 g/mol. The van der Waals surface area contributed by atoms with Gasteiger partial charge in [-0.2, -0.15) is 0 Å². The zero-order valence-electron chi connectivity index (χ0n) is 8.48. The molecule has 0 aliphatic heterocycles. The summed E-state index contributed by atoms with van der Waals surface area (Å²) < 4.78 is 0. The van der Waals surface area contributed by atoms with Gasteiger partial charge in [-0.05, 0) is 12.3 Å². The van der Waals surface area contributed by atoms with Crippen molar-refractivity contribution < 1.29 is 0 Å². The van der Waals surface area contributed by atoms with Gasteiger partial charge in [0.2, 0.25) is 0 Å². The number of hydrogen-bond acceptors (Lipinski definition) is 3. The lowest BCUT2D eigenvalue weighted by molar-refractivity contribution is 0.318. The maximum absolute atomic E-state index is 6.11. The first-order valence-corrected chi connectivity index (χ1v) is 6.44. The Balaban J connectivity index is 1.84. The monoisotopic (exact) mass is 210 g/mol. The van der Waals surface area contributed by atoms with Gasteiger partial charge in [-0.3, -0.25) is 0 Å². The van der Waals surface area contributed by atoms with E-state index in [-0.39, 0.29) is 6.04 Å². The fourth-order valence-corrected chi connectivity index (χ4v) is 2.93. The molecule has 3 heteroatoms. The minimum Gasteiger partial charge on any atom is -0.323 e. The van der Waals surface area contributed by atoms with Crippen molar-refractivity contribution >= 4 is 11.3 Å². The molecule has 1 aliphatic rings. The minimum atomic E-state index is 0.171. The highest BCUT2D eigenvalue weighted by Gasteiger charge is 2.18. The molecule has 1 heterocycles. The maximum Gasteiger partial charge on any atom is 0.0795 e. The van der Waals surface area contributed by atoms with Crippen LogP contribution in [0.3, 0.4) is 0 Å². The summed E-state index contributed by atoms with van der Waals surface area (Å²) in [5.41, 5.74) is 9.07. The summed E-state index contributed by atoms with van der Waals surface area (Å²) in [4.78, 5) is 4.28. The Bertz CT molecular complexity index is 252. The van der Waals surface area contributed by atoms with Crippen molar-refractivity contribution in [3.63, 3.8) is 0 Å². The molecule has 1 aromatic heterocycles. The zero-order valence-corrected chi connectivity index (χ0v) is 9.30. The second-order valence-electron chi connectivity index (χ2n) is 4.26. The normalized spacial score (nSPS) is 20.9. The first-order valence-electron chi connectivity index (χ1n) is 5.50. The van der Waals surface area contributed by atoms with Crippen LogP contribution in [0.1, 0.15) is 50.3 Å². The summed E-state index contributed by atoms with van der Waals surface area (Å²) in [6, 6.07) is 0.171. The van der Waals surface area contributed by atoms with E-state index in [0.29, 0.717) is 0 Å². The van der Waals surface area contributed by atoms with Gasteiger partial charge in [-0.1, -0.05) is 32.1 Å². The molecule has 1 atom stereocenters. The molecule has 78 valence electrons. The summed E-state index contributed by atoms with van der Waals surface area (Å²) in [5, 5.41) is 2.08. The minimum absolute atomic E-state index is 0.171. The van der Waals surface area contributed by atoms with Gasteiger partial charge in [0.25, 0.3) is 0 Å². The fraction of sp³-hybridized carbons (Fsp3) is 0.727. The lowest BCUT2D eigenvalue weighted by atomic mass is 9.84. The average Bonchev–Trinajstić information content (AvgIpc) is 2.72. The van der Waals surface area contributed by atoms with E-state index in [1.165, 1.54) is 32.1 Å². The zero-order chi connectivity index (χ0) is 9.80. The van der Waals surface area contributed by atoms with Gasteiger partial charge in [0.15, 0.2) is 0 Å². The lowest BCUT2D eigenvalue weighted by Gasteiger charge is -2.23. The SMILES string of the molecule is NC(CC1CCCCC1)c1cscn1. The molecule has 1 saturated carbocycles. The molecule has 0 saturated heterocycles. The molecule has 0 bridgehead atoms. The smallest absolute Gasteiger partial charge is 0.0795 e. The Hall–Kier alpha value is -0.410. The van der Waals surface area contributed by atoms with E-state index < -0.39 is 0 Å². The molecule has 0 spiro atoms. The molecule has 0 amide bonds. The molecule has 0 radical (unpaired) electrons. The van der Waals surface area contributed by atoms with Crippen LogP contribution in [0.2, 0.25) is 0 Å². The van der Waals surface area contributed by atoms with Crippen LogP contribution in [0.4, 0.5) is 0 Å². The van der Waals surface area contributed by atoms with E-state index in [9.17, 15) is 0 Å². The van der Waals surface area contributed by atoms with Crippen molar-refractivity contribution in [2.24, 2.45) is 11.7 Å². The van der Waals surface area contributed by atoms with Gasteiger partial charge < -0.3 is 5.73 Å². The predicted molar refractivity (Wildman–Crippen MR) is 60.2 cm³/mol. The van der Waals surface area contributed by atoms with Crippen LogP contribution < -0.4 is 5.73 Å². The van der Waals surface area contributed by atoms with Crippen molar-refractivity contribution in [1.29, 1.82) is 0 Å². The highest BCUT2D eigenvalue weighted by molar-refractivity contribution is 7.07. The first kappa shape index (κ1) is 10.1. The van der Waals surface area contributed by atoms with Gasteiger partial charge in [0.1, 0.15) is 0 Å². The molecule has 0 aromatic carbocycles. The van der Waals surface area contributed by atoms with Gasteiger partial charge in [-0.25, -0.2) is 4.98 Å². The van der Waals surface area contributed by atoms with E-state index in [0.717, 1.165) is 18.0 Å². The largest absolute Gasteiger partial charge is 0.323 e. The van der Waals surface area contributed by atoms with Gasteiger partial charge >= 0.3 is 0 Å². The standard InChI is InChI=1S/C11H18N2S/c12-10(11-7-14-8-13-11)6-9-4-2-1-3-5-9/h7-10H,1-6,12H2. The summed E-state index contributed by atoms with van der Waals surface area (Å²) >= 11 is 1.64. The van der Waals surface area contributed by atoms with Gasteiger partial charge in [0, 0.05) is 11.4 Å². The molecule has 1 aliphatic carbocycles. The van der Waals surface area contributed by atoms with Crippen LogP contribution in [0, 0.1) is 5.92 Å². The quantitative estimate of drug-likeness (QED) is 0.832. The summed E-state index contributed by atoms with van der Waals surface area (Å²) in [6.07, 6.45) is 8.09. The van der Waals surface area contributed by atoms with Crippen LogP contribution in [0.5, 0.6) is 0 Å². The van der Waals surface area contributed by atoms with Crippen molar-refractivity contribution in [3.05, 3.63) is 16.6 Å². The molecule has 2 N–H and O–H groups in total. The Morgan fingerprint density at radius 3 is 2.86 bits per heavy atom. The van der Waals surface area contributed by atoms with Crippen LogP contribution in [0.25, 0.3) is 0 Å². The van der Waals surface area contributed by atoms with E-state index in [2.05, 4.69) is 10.4 Å². The van der Waals surface area contributed by atoms with Crippen molar-refractivity contribution in [3.8, 4) is 0 Å². The Morgan fingerprint density at radius 2 is 2.21 bits per heavy atom. The Labute approximate surface area is 89.5 Å². The van der Waals surface area contributed by atoms with E-state index in [1.807, 2.05) is 5.51 Å². The summed E-state index contributed by atoms with van der Waals surface area (Å²) in [6.45, 7) is 0. The van der Waals surface area contributed by atoms with E-state index >= 15 is 0 Å². The van der Waals surface area contributed by atoms with Crippen molar-refractivity contribution in [1.82, 2.24) is 4.98 Å². The number of aromatic nitrogens is 1. The van der Waals surface area contributed by atoms with Crippen LogP contribution in [-0.2, 0) is 0 Å². The topological polar surface area (TPSA) is 38.9 Å². The molecule has 2 nitrogen and oxygen atoms in total. The number of rotatable bonds is 3. The summed E-state index contributed by atoms with van der Waals surface area (Å²) in [7, 11) is 0. The summed E-state index contributed by atoms with van der Waals surface area (Å²) in [5.74, 6) is 0.848. The number of nitrogens with two attached hydrogens (primary N) is 1. The molecular formula is C11H18N2S. The highest BCUT2D eigenvalue weighted by Crippen LogP contribution is 2.30. The van der Waals surface area contributed by atoms with Crippen LogP contribution in [-0.4, -0.2) is 4.98 Å². The predicted octanol–water partition coefficient (Wildman–Crippen LogP) is 3.11. The highest BCUT2D eigenvalue weighted by atomic mass is 32.1. The first-order chi connectivity index (χ1) is 6.86. The van der Waals surface area contributed by atoms with Crippen molar-refractivity contribution in [2.45, 2.75) is 44.6 Å². The number of nitrogens with zero attached hydrogens (tertiary/aromatic N) is 1. The van der Waals surface area contributed by atoms with Crippen LogP contribution in [0.15, 0.2) is 10.9 Å². The van der Waals surface area contributed by atoms with E-state index in [4.69, 9.17) is 5.73 Å². The number of hydrogen-bond donors (Lipinski definition) is 1. The molecule has 1 unspecified atom stereocenters. The van der Waals surface area contributed by atoms with Gasteiger partial charge in [0.05, 0.1) is 11.2 Å². The second-order valence-corrected chi connectivity index (χ2v) is 4.98. The fourth-order valence-electron chi connectivity index (χ4n) is 2.31. The number of thiazole rings is 1.